The molecule has 0 unspecified atom stereocenters. The van der Waals surface area contributed by atoms with Gasteiger partial charge >= 0.3 is 0 Å². The number of para-hydroxylation sites is 1. The van der Waals surface area contributed by atoms with E-state index >= 15 is 0 Å². The second-order valence-corrected chi connectivity index (χ2v) is 9.49. The van der Waals surface area contributed by atoms with Crippen LogP contribution in [0.4, 0.5) is 5.69 Å². The number of aryl methyl sites for hydroxylation is 1. The standard InChI is InChI=1S/C24H24N6OS2/c1-18-22(23(31)30(27(18)2)19-8-4-3-5-9-19)26-24-29(13-7-12-28-14-11-25-17-28)20(16-33-24)21-10-6-15-32-21/h3-6,8-11,14-17H,7,12-13H2,1-2H3. The highest BCUT2D eigenvalue weighted by atomic mass is 32.1. The van der Waals surface area contributed by atoms with Crippen molar-refractivity contribution in [3.8, 4) is 16.3 Å². The summed E-state index contributed by atoms with van der Waals surface area (Å²) in [5.74, 6) is 0. The predicted molar refractivity (Wildman–Crippen MR) is 133 cm³/mol. The van der Waals surface area contributed by atoms with E-state index in [9.17, 15) is 4.79 Å². The quantitative estimate of drug-likeness (QED) is 0.345. The van der Waals surface area contributed by atoms with Crippen molar-refractivity contribution in [2.24, 2.45) is 12.0 Å². The molecule has 0 atom stereocenters. The van der Waals surface area contributed by atoms with Crippen LogP contribution in [0.5, 0.6) is 0 Å². The third-order valence-electron chi connectivity index (χ3n) is 5.66. The molecular weight excluding hydrogens is 452 g/mol. The summed E-state index contributed by atoms with van der Waals surface area (Å²) < 4.78 is 7.85. The molecule has 4 aromatic heterocycles. The first kappa shape index (κ1) is 21.4. The van der Waals surface area contributed by atoms with Crippen molar-refractivity contribution in [2.75, 3.05) is 0 Å². The van der Waals surface area contributed by atoms with Crippen LogP contribution in [0.3, 0.4) is 0 Å². The fraction of sp³-hybridized carbons (Fsp3) is 0.208. The Balaban J connectivity index is 1.58. The molecule has 1 aromatic carbocycles. The van der Waals surface area contributed by atoms with Crippen LogP contribution in [-0.4, -0.2) is 23.5 Å². The molecule has 168 valence electrons. The van der Waals surface area contributed by atoms with Crippen LogP contribution >= 0.6 is 22.7 Å². The number of hydrogen-bond donors (Lipinski definition) is 0. The van der Waals surface area contributed by atoms with Gasteiger partial charge in [0.15, 0.2) is 10.5 Å². The average molecular weight is 477 g/mol. The third kappa shape index (κ3) is 4.17. The second-order valence-electron chi connectivity index (χ2n) is 7.71. The molecule has 4 heterocycles. The van der Waals surface area contributed by atoms with Crippen molar-refractivity contribution < 1.29 is 0 Å². The molecular formula is C24H24N6OS2. The molecule has 0 spiro atoms. The maximum Gasteiger partial charge on any atom is 0.297 e. The number of thiophene rings is 1. The molecule has 5 rings (SSSR count). The zero-order valence-corrected chi connectivity index (χ0v) is 20.1. The zero-order chi connectivity index (χ0) is 22.8. The van der Waals surface area contributed by atoms with E-state index in [0.717, 1.165) is 41.4 Å². The largest absolute Gasteiger partial charge is 0.337 e. The van der Waals surface area contributed by atoms with E-state index < -0.39 is 0 Å². The smallest absolute Gasteiger partial charge is 0.297 e. The van der Waals surface area contributed by atoms with E-state index in [1.807, 2.05) is 61.5 Å². The fourth-order valence-electron chi connectivity index (χ4n) is 3.87. The van der Waals surface area contributed by atoms with E-state index in [0.29, 0.717) is 5.69 Å². The molecule has 0 aliphatic heterocycles. The van der Waals surface area contributed by atoms with Crippen LogP contribution in [-0.2, 0) is 20.1 Å². The highest BCUT2D eigenvalue weighted by molar-refractivity contribution is 7.14. The molecule has 0 radical (unpaired) electrons. The predicted octanol–water partition coefficient (Wildman–Crippen LogP) is 4.60. The van der Waals surface area contributed by atoms with Gasteiger partial charge in [-0.25, -0.2) is 14.7 Å². The first-order valence-electron chi connectivity index (χ1n) is 10.7. The number of thiazole rings is 1. The van der Waals surface area contributed by atoms with Crippen LogP contribution in [0.15, 0.2) is 81.7 Å². The highest BCUT2D eigenvalue weighted by Crippen LogP contribution is 2.26. The van der Waals surface area contributed by atoms with Gasteiger partial charge in [-0.3, -0.25) is 9.48 Å². The Labute approximate surface area is 199 Å². The summed E-state index contributed by atoms with van der Waals surface area (Å²) in [6.45, 7) is 3.61. The van der Waals surface area contributed by atoms with Gasteiger partial charge in [-0.15, -0.1) is 22.7 Å². The van der Waals surface area contributed by atoms with Gasteiger partial charge in [0.2, 0.25) is 0 Å². The van der Waals surface area contributed by atoms with Gasteiger partial charge in [0.05, 0.1) is 28.3 Å². The van der Waals surface area contributed by atoms with Gasteiger partial charge in [-0.05, 0) is 36.9 Å². The second kappa shape index (κ2) is 9.21. The van der Waals surface area contributed by atoms with Gasteiger partial charge in [0.1, 0.15) is 0 Å². The van der Waals surface area contributed by atoms with E-state index in [-0.39, 0.29) is 5.56 Å². The summed E-state index contributed by atoms with van der Waals surface area (Å²) in [5.41, 5.74) is 3.16. The van der Waals surface area contributed by atoms with E-state index in [1.54, 1.807) is 33.6 Å². The van der Waals surface area contributed by atoms with Crippen molar-refractivity contribution in [1.82, 2.24) is 23.5 Å². The number of aromatic nitrogens is 5. The zero-order valence-electron chi connectivity index (χ0n) is 18.5. The number of rotatable bonds is 7. The highest BCUT2D eigenvalue weighted by Gasteiger charge is 2.17. The Morgan fingerprint density at radius 3 is 2.64 bits per heavy atom. The van der Waals surface area contributed by atoms with E-state index in [1.165, 1.54) is 4.88 Å². The lowest BCUT2D eigenvalue weighted by atomic mass is 10.3. The summed E-state index contributed by atoms with van der Waals surface area (Å²) in [5, 5.41) is 4.22. The topological polar surface area (TPSA) is 62.0 Å². The van der Waals surface area contributed by atoms with Gasteiger partial charge < -0.3 is 9.13 Å². The molecule has 0 bridgehead atoms. The lowest BCUT2D eigenvalue weighted by Gasteiger charge is -2.08. The summed E-state index contributed by atoms with van der Waals surface area (Å²) >= 11 is 3.28. The van der Waals surface area contributed by atoms with Crippen molar-refractivity contribution in [3.63, 3.8) is 0 Å². The van der Waals surface area contributed by atoms with Crippen molar-refractivity contribution in [2.45, 2.75) is 26.4 Å². The number of nitrogens with zero attached hydrogens (tertiary/aromatic N) is 6. The number of hydrogen-bond acceptors (Lipinski definition) is 5. The molecule has 0 N–H and O–H groups in total. The summed E-state index contributed by atoms with van der Waals surface area (Å²) in [4.78, 5) is 24.4. The minimum Gasteiger partial charge on any atom is -0.337 e. The molecule has 0 fully saturated rings. The van der Waals surface area contributed by atoms with Crippen LogP contribution in [0.25, 0.3) is 16.3 Å². The van der Waals surface area contributed by atoms with E-state index in [2.05, 4.69) is 37.0 Å². The molecule has 0 saturated carbocycles. The average Bonchev–Trinajstić information content (AvgIpc) is 3.62. The lowest BCUT2D eigenvalue weighted by molar-refractivity contribution is 0.559. The molecule has 9 heteroatoms. The Kier molecular flexibility index (Phi) is 5.97. The van der Waals surface area contributed by atoms with Crippen LogP contribution in [0, 0.1) is 6.92 Å². The minimum absolute atomic E-state index is 0.114. The third-order valence-corrected chi connectivity index (χ3v) is 7.42. The maximum absolute atomic E-state index is 13.4. The van der Waals surface area contributed by atoms with Crippen LogP contribution in [0.2, 0.25) is 0 Å². The van der Waals surface area contributed by atoms with Gasteiger partial charge in [-0.2, -0.15) is 0 Å². The Morgan fingerprint density at radius 2 is 1.91 bits per heavy atom. The number of benzene rings is 1. The Morgan fingerprint density at radius 1 is 1.06 bits per heavy atom. The van der Waals surface area contributed by atoms with Crippen molar-refractivity contribution in [1.29, 1.82) is 0 Å². The van der Waals surface area contributed by atoms with Crippen LogP contribution < -0.4 is 10.4 Å². The molecule has 0 amide bonds. The van der Waals surface area contributed by atoms with Crippen molar-refractivity contribution >= 4 is 28.4 Å². The van der Waals surface area contributed by atoms with Gasteiger partial charge in [0.25, 0.3) is 5.56 Å². The number of imidazole rings is 1. The van der Waals surface area contributed by atoms with Gasteiger partial charge in [-0.1, -0.05) is 24.3 Å². The van der Waals surface area contributed by atoms with Crippen LogP contribution in [0.1, 0.15) is 12.1 Å². The molecule has 0 aliphatic rings. The minimum atomic E-state index is -0.114. The van der Waals surface area contributed by atoms with E-state index in [4.69, 9.17) is 4.99 Å². The molecule has 0 saturated heterocycles. The Bertz CT molecular complexity index is 1470. The summed E-state index contributed by atoms with van der Waals surface area (Å²) in [7, 11) is 1.90. The van der Waals surface area contributed by atoms with Crippen molar-refractivity contribution in [3.05, 3.63) is 92.8 Å². The molecule has 33 heavy (non-hydrogen) atoms. The first-order chi connectivity index (χ1) is 16.1. The normalized spacial score (nSPS) is 12.0. The Hall–Kier alpha value is -3.43. The molecule has 5 aromatic rings. The molecule has 7 nitrogen and oxygen atoms in total. The molecule has 0 aliphatic carbocycles. The maximum atomic E-state index is 13.4. The van der Waals surface area contributed by atoms with Gasteiger partial charge in [0, 0.05) is 37.9 Å². The monoisotopic (exact) mass is 476 g/mol. The first-order valence-corrected chi connectivity index (χ1v) is 12.5. The summed E-state index contributed by atoms with van der Waals surface area (Å²) in [6.07, 6.45) is 6.54. The SMILES string of the molecule is Cc1c(N=c2scc(-c3cccs3)n2CCCn2ccnc2)c(=O)n(-c2ccccc2)n1C. The fourth-order valence-corrected chi connectivity index (χ4v) is 5.62. The lowest BCUT2D eigenvalue weighted by Crippen LogP contribution is -2.20. The summed E-state index contributed by atoms with van der Waals surface area (Å²) in [6, 6.07) is 13.9.